The average molecular weight is 360 g/mol. The lowest BCUT2D eigenvalue weighted by Crippen LogP contribution is -2.15. The molecule has 0 fully saturated rings. The van der Waals surface area contributed by atoms with Gasteiger partial charge < -0.3 is 10.6 Å². The largest absolute Gasteiger partial charge is 0.339 e. The van der Waals surface area contributed by atoms with Crippen molar-refractivity contribution in [2.45, 2.75) is 20.3 Å². The van der Waals surface area contributed by atoms with Crippen molar-refractivity contribution in [3.8, 4) is 0 Å². The Kier molecular flexibility index (Phi) is 5.56. The number of benzene rings is 2. The fourth-order valence-electron chi connectivity index (χ4n) is 2.62. The molecule has 2 aromatic carbocycles. The molecule has 0 unspecified atom stereocenters. The van der Waals surface area contributed by atoms with Crippen LogP contribution >= 0.6 is 0 Å². The number of nitrogens with zero attached hydrogens (tertiary/aromatic N) is 2. The number of amides is 1. The number of aryl methyl sites for hydroxylation is 1. The standard InChI is InChI=1S/C21H20N4O2/c1-3-15-7-4-5-10-18(15)23-20-12-11-19(24-25-20)21(27)22-17-9-6-8-16(13-17)14(2)26/h4-13H,3H2,1-2H3,(H,22,27)(H,23,25). The van der Waals surface area contributed by atoms with Gasteiger partial charge in [0.1, 0.15) is 0 Å². The molecule has 0 saturated heterocycles. The fourth-order valence-corrected chi connectivity index (χ4v) is 2.62. The summed E-state index contributed by atoms with van der Waals surface area (Å²) in [5, 5.41) is 14.0. The van der Waals surface area contributed by atoms with Crippen LogP contribution in [0, 0.1) is 0 Å². The number of hydrogen-bond acceptors (Lipinski definition) is 5. The van der Waals surface area contributed by atoms with E-state index in [1.165, 1.54) is 12.5 Å². The second-order valence-electron chi connectivity index (χ2n) is 6.03. The molecule has 6 heteroatoms. The lowest BCUT2D eigenvalue weighted by molar-refractivity contribution is 0.100. The van der Waals surface area contributed by atoms with Gasteiger partial charge in [-0.25, -0.2) is 0 Å². The van der Waals surface area contributed by atoms with E-state index in [1.54, 1.807) is 36.4 Å². The smallest absolute Gasteiger partial charge is 0.276 e. The van der Waals surface area contributed by atoms with Gasteiger partial charge >= 0.3 is 0 Å². The Balaban J connectivity index is 1.70. The molecule has 1 aromatic heterocycles. The van der Waals surface area contributed by atoms with Crippen LogP contribution in [0.3, 0.4) is 0 Å². The maximum absolute atomic E-state index is 12.3. The SMILES string of the molecule is CCc1ccccc1Nc1ccc(C(=O)Nc2cccc(C(C)=O)c2)nn1. The molecule has 3 aromatic rings. The van der Waals surface area contributed by atoms with E-state index >= 15 is 0 Å². The molecule has 6 nitrogen and oxygen atoms in total. The zero-order valence-corrected chi connectivity index (χ0v) is 15.2. The van der Waals surface area contributed by atoms with Crippen LogP contribution in [0.25, 0.3) is 0 Å². The van der Waals surface area contributed by atoms with Crippen molar-refractivity contribution in [2.24, 2.45) is 0 Å². The van der Waals surface area contributed by atoms with Crippen molar-refractivity contribution in [2.75, 3.05) is 10.6 Å². The van der Waals surface area contributed by atoms with E-state index in [1.807, 2.05) is 24.3 Å². The number of anilines is 3. The average Bonchev–Trinajstić information content (AvgIpc) is 2.69. The third-order valence-electron chi connectivity index (χ3n) is 4.09. The zero-order valence-electron chi connectivity index (χ0n) is 15.2. The molecule has 2 N–H and O–H groups in total. The lowest BCUT2D eigenvalue weighted by Gasteiger charge is -2.10. The van der Waals surface area contributed by atoms with Crippen molar-refractivity contribution in [3.63, 3.8) is 0 Å². The van der Waals surface area contributed by atoms with Gasteiger partial charge in [-0.3, -0.25) is 9.59 Å². The van der Waals surface area contributed by atoms with Gasteiger partial charge in [-0.2, -0.15) is 0 Å². The van der Waals surface area contributed by atoms with Crippen LogP contribution in [0.15, 0.2) is 60.7 Å². The second kappa shape index (κ2) is 8.23. The predicted octanol–water partition coefficient (Wildman–Crippen LogP) is 4.24. The van der Waals surface area contributed by atoms with Crippen LogP contribution in [0.4, 0.5) is 17.2 Å². The Bertz CT molecular complexity index is 968. The first-order valence-electron chi connectivity index (χ1n) is 8.68. The summed E-state index contributed by atoms with van der Waals surface area (Å²) in [7, 11) is 0. The van der Waals surface area contributed by atoms with Crippen molar-refractivity contribution < 1.29 is 9.59 Å². The Morgan fingerprint density at radius 1 is 0.963 bits per heavy atom. The van der Waals surface area contributed by atoms with Crippen molar-refractivity contribution >= 4 is 28.9 Å². The highest BCUT2D eigenvalue weighted by Crippen LogP contribution is 2.20. The maximum Gasteiger partial charge on any atom is 0.276 e. The van der Waals surface area contributed by atoms with E-state index < -0.39 is 0 Å². The highest BCUT2D eigenvalue weighted by molar-refractivity contribution is 6.03. The highest BCUT2D eigenvalue weighted by atomic mass is 16.2. The molecule has 3 rings (SSSR count). The first-order valence-corrected chi connectivity index (χ1v) is 8.68. The third kappa shape index (κ3) is 4.55. The number of para-hydroxylation sites is 1. The summed E-state index contributed by atoms with van der Waals surface area (Å²) >= 11 is 0. The van der Waals surface area contributed by atoms with Crippen LogP contribution in [0.1, 0.15) is 40.3 Å². The van der Waals surface area contributed by atoms with E-state index in [4.69, 9.17) is 0 Å². The quantitative estimate of drug-likeness (QED) is 0.643. The van der Waals surface area contributed by atoms with E-state index in [0.29, 0.717) is 17.1 Å². The number of carbonyl (C=O) groups is 2. The minimum atomic E-state index is -0.385. The van der Waals surface area contributed by atoms with E-state index in [0.717, 1.165) is 12.1 Å². The first kappa shape index (κ1) is 18.3. The molecule has 1 amide bonds. The Morgan fingerprint density at radius 3 is 2.48 bits per heavy atom. The molecule has 0 bridgehead atoms. The third-order valence-corrected chi connectivity index (χ3v) is 4.09. The van der Waals surface area contributed by atoms with Gasteiger partial charge in [0, 0.05) is 16.9 Å². The summed E-state index contributed by atoms with van der Waals surface area (Å²) < 4.78 is 0. The fraction of sp³-hybridized carbons (Fsp3) is 0.143. The van der Waals surface area contributed by atoms with Gasteiger partial charge in [0.25, 0.3) is 5.91 Å². The van der Waals surface area contributed by atoms with E-state index in [-0.39, 0.29) is 17.4 Å². The van der Waals surface area contributed by atoms with Gasteiger partial charge in [-0.15, -0.1) is 10.2 Å². The first-order chi connectivity index (χ1) is 13.1. The summed E-state index contributed by atoms with van der Waals surface area (Å²) in [5.41, 5.74) is 3.40. The molecule has 27 heavy (non-hydrogen) atoms. The number of rotatable bonds is 6. The summed E-state index contributed by atoms with van der Waals surface area (Å²) in [5.74, 6) is 0.114. The molecule has 0 aliphatic carbocycles. The van der Waals surface area contributed by atoms with Crippen LogP contribution in [0.2, 0.25) is 0 Å². The van der Waals surface area contributed by atoms with Gasteiger partial charge in [0.2, 0.25) is 0 Å². The zero-order chi connectivity index (χ0) is 19.2. The van der Waals surface area contributed by atoms with E-state index in [9.17, 15) is 9.59 Å². The Labute approximate surface area is 157 Å². The molecule has 136 valence electrons. The van der Waals surface area contributed by atoms with Crippen molar-refractivity contribution in [3.05, 3.63) is 77.5 Å². The molecule has 0 aliphatic rings. The summed E-state index contributed by atoms with van der Waals surface area (Å²) in [6.45, 7) is 3.57. The molecule has 0 atom stereocenters. The number of carbonyl (C=O) groups excluding carboxylic acids is 2. The highest BCUT2D eigenvalue weighted by Gasteiger charge is 2.10. The monoisotopic (exact) mass is 360 g/mol. The predicted molar refractivity (Wildman–Crippen MR) is 106 cm³/mol. The molecule has 0 saturated carbocycles. The molecule has 0 aliphatic heterocycles. The number of nitrogens with one attached hydrogen (secondary N) is 2. The number of hydrogen-bond donors (Lipinski definition) is 2. The molecule has 0 radical (unpaired) electrons. The van der Waals surface area contributed by atoms with Crippen LogP contribution in [-0.4, -0.2) is 21.9 Å². The molecule has 1 heterocycles. The van der Waals surface area contributed by atoms with Gasteiger partial charge in [0.15, 0.2) is 17.3 Å². The normalized spacial score (nSPS) is 10.3. The number of ketones is 1. The lowest BCUT2D eigenvalue weighted by atomic mass is 10.1. The van der Waals surface area contributed by atoms with Crippen LogP contribution in [-0.2, 0) is 6.42 Å². The van der Waals surface area contributed by atoms with Crippen molar-refractivity contribution in [1.29, 1.82) is 0 Å². The van der Waals surface area contributed by atoms with Gasteiger partial charge in [0.05, 0.1) is 0 Å². The van der Waals surface area contributed by atoms with Crippen LogP contribution < -0.4 is 10.6 Å². The van der Waals surface area contributed by atoms with Gasteiger partial charge in [-0.05, 0) is 49.2 Å². The van der Waals surface area contributed by atoms with Crippen LogP contribution in [0.5, 0.6) is 0 Å². The molecule has 0 spiro atoms. The van der Waals surface area contributed by atoms with Crippen molar-refractivity contribution in [1.82, 2.24) is 10.2 Å². The summed E-state index contributed by atoms with van der Waals surface area (Å²) in [6.07, 6.45) is 0.899. The molecular weight excluding hydrogens is 340 g/mol. The summed E-state index contributed by atoms with van der Waals surface area (Å²) in [6, 6.07) is 18.0. The molecular formula is C21H20N4O2. The Hall–Kier alpha value is -3.54. The summed E-state index contributed by atoms with van der Waals surface area (Å²) in [4.78, 5) is 23.8. The Morgan fingerprint density at radius 2 is 1.78 bits per heavy atom. The topological polar surface area (TPSA) is 84.0 Å². The number of Topliss-reactive ketones (excluding diaryl/α,β-unsaturated/α-hetero) is 1. The minimum absolute atomic E-state index is 0.0614. The second-order valence-corrected chi connectivity index (χ2v) is 6.03. The van der Waals surface area contributed by atoms with Gasteiger partial charge in [-0.1, -0.05) is 37.3 Å². The van der Waals surface area contributed by atoms with E-state index in [2.05, 4.69) is 27.8 Å². The maximum atomic E-state index is 12.3. The minimum Gasteiger partial charge on any atom is -0.339 e. The number of aromatic nitrogens is 2.